The first-order valence-electron chi connectivity index (χ1n) is 9.91. The smallest absolute Gasteiger partial charge is 0.352 e. The molecule has 0 heterocycles. The minimum Gasteiger partial charge on any atom is -0.489 e. The number of hydrogen-bond acceptors (Lipinski definition) is 3. The monoisotopic (exact) mass is 425 g/mol. The number of carboxylic acid groups (broad SMARTS) is 1. The number of rotatable bonds is 9. The highest BCUT2D eigenvalue weighted by molar-refractivity contribution is 6.02. The summed E-state index contributed by atoms with van der Waals surface area (Å²) in [6.07, 6.45) is 3.11. The molecule has 0 saturated heterocycles. The summed E-state index contributed by atoms with van der Waals surface area (Å²) in [7, 11) is 0. The van der Waals surface area contributed by atoms with Crippen LogP contribution in [0.25, 0.3) is 11.6 Å². The zero-order valence-electron chi connectivity index (χ0n) is 17.5. The Labute approximate surface area is 187 Å². The Morgan fingerprint density at radius 2 is 1.56 bits per heavy atom. The van der Waals surface area contributed by atoms with Gasteiger partial charge in [0.1, 0.15) is 18.1 Å². The molecule has 1 amide bonds. The third-order valence-corrected chi connectivity index (χ3v) is 4.68. The Morgan fingerprint density at radius 3 is 2.16 bits per heavy atom. The number of aliphatic carboxylic acids is 1. The molecule has 3 aromatic carbocycles. The average Bonchev–Trinajstić information content (AvgIpc) is 2.83. The number of carboxylic acids is 1. The minimum atomic E-state index is -1.22. The number of carbonyl (C=O) groups is 2. The molecule has 160 valence electrons. The van der Waals surface area contributed by atoms with Gasteiger partial charge in [0.05, 0.1) is 0 Å². The summed E-state index contributed by atoms with van der Waals surface area (Å²) in [6, 6.07) is 23.3. The third kappa shape index (κ3) is 6.06. The fraction of sp³-hybridized carbons (Fsp3) is 0.0370. The molecule has 0 aliphatic heterocycles. The van der Waals surface area contributed by atoms with Crippen LogP contribution in [0.5, 0.6) is 5.75 Å². The van der Waals surface area contributed by atoms with E-state index in [0.717, 1.165) is 16.7 Å². The maximum atomic E-state index is 12.3. The molecule has 5 nitrogen and oxygen atoms in total. The van der Waals surface area contributed by atoms with Crippen LogP contribution in [0, 0.1) is 0 Å². The summed E-state index contributed by atoms with van der Waals surface area (Å²) in [5.41, 5.74) is 3.66. The zero-order valence-corrected chi connectivity index (χ0v) is 17.5. The zero-order chi connectivity index (χ0) is 22.9. The van der Waals surface area contributed by atoms with Crippen molar-refractivity contribution < 1.29 is 19.4 Å². The van der Waals surface area contributed by atoms with Gasteiger partial charge in [-0.25, -0.2) is 4.79 Å². The molecule has 0 saturated carbocycles. The Bertz CT molecular complexity index is 1140. The molecule has 32 heavy (non-hydrogen) atoms. The molecule has 5 heteroatoms. The molecule has 0 atom stereocenters. The SMILES string of the molecule is C=CC(=C)c1ccc(COc2ccc(/C=C(/NC(=O)c3ccccc3)C(=O)O)cc2)cc1. The lowest BCUT2D eigenvalue weighted by molar-refractivity contribution is -0.132. The van der Waals surface area contributed by atoms with Gasteiger partial charge in [0.15, 0.2) is 0 Å². The van der Waals surface area contributed by atoms with Crippen molar-refractivity contribution in [1.82, 2.24) is 5.32 Å². The number of benzene rings is 3. The van der Waals surface area contributed by atoms with E-state index in [0.29, 0.717) is 23.5 Å². The second kappa shape index (κ2) is 10.6. The topological polar surface area (TPSA) is 75.6 Å². The van der Waals surface area contributed by atoms with E-state index in [1.54, 1.807) is 60.7 Å². The molecule has 3 aromatic rings. The average molecular weight is 425 g/mol. The second-order valence-corrected chi connectivity index (χ2v) is 6.97. The minimum absolute atomic E-state index is 0.214. The van der Waals surface area contributed by atoms with Crippen LogP contribution in [-0.2, 0) is 11.4 Å². The number of hydrogen-bond donors (Lipinski definition) is 2. The molecule has 0 radical (unpaired) electrons. The molecular formula is C27H23NO4. The summed E-state index contributed by atoms with van der Waals surface area (Å²) in [6.45, 7) is 8.03. The first kappa shape index (κ1) is 22.3. The number of ether oxygens (including phenoxy) is 1. The van der Waals surface area contributed by atoms with Crippen LogP contribution < -0.4 is 10.1 Å². The fourth-order valence-corrected chi connectivity index (χ4v) is 2.86. The summed E-state index contributed by atoms with van der Waals surface area (Å²) in [5.74, 6) is -1.06. The van der Waals surface area contributed by atoms with Crippen LogP contribution in [0.2, 0.25) is 0 Å². The van der Waals surface area contributed by atoms with Crippen molar-refractivity contribution in [3.63, 3.8) is 0 Å². The molecule has 0 aliphatic carbocycles. The molecule has 0 aliphatic rings. The Morgan fingerprint density at radius 1 is 0.906 bits per heavy atom. The van der Waals surface area contributed by atoms with Gasteiger partial charge < -0.3 is 15.2 Å². The predicted octanol–water partition coefficient (Wildman–Crippen LogP) is 5.32. The number of amides is 1. The second-order valence-electron chi connectivity index (χ2n) is 6.97. The quantitative estimate of drug-likeness (QED) is 0.359. The highest BCUT2D eigenvalue weighted by Crippen LogP contribution is 2.18. The predicted molar refractivity (Wildman–Crippen MR) is 126 cm³/mol. The standard InChI is InChI=1S/C27H23NO4/c1-3-19(2)22-13-9-21(10-14-22)18-32-24-15-11-20(12-16-24)17-25(27(30)31)28-26(29)23-7-5-4-6-8-23/h3-17H,1-2,18H2,(H,28,29)(H,30,31)/b25-17+. The van der Waals surface area contributed by atoms with E-state index in [2.05, 4.69) is 18.5 Å². The van der Waals surface area contributed by atoms with E-state index in [1.165, 1.54) is 6.08 Å². The van der Waals surface area contributed by atoms with Crippen LogP contribution in [0.1, 0.15) is 27.0 Å². The third-order valence-electron chi connectivity index (χ3n) is 4.68. The number of nitrogens with one attached hydrogen (secondary N) is 1. The van der Waals surface area contributed by atoms with Gasteiger partial charge in [0, 0.05) is 5.56 Å². The maximum absolute atomic E-state index is 12.3. The first-order chi connectivity index (χ1) is 15.5. The van der Waals surface area contributed by atoms with E-state index in [1.807, 2.05) is 24.3 Å². The van der Waals surface area contributed by atoms with Gasteiger partial charge >= 0.3 is 5.97 Å². The van der Waals surface area contributed by atoms with E-state index in [-0.39, 0.29) is 5.70 Å². The molecule has 0 bridgehead atoms. The van der Waals surface area contributed by atoms with Crippen LogP contribution in [-0.4, -0.2) is 17.0 Å². The maximum Gasteiger partial charge on any atom is 0.352 e. The summed E-state index contributed by atoms with van der Waals surface area (Å²) >= 11 is 0. The lowest BCUT2D eigenvalue weighted by Crippen LogP contribution is -2.27. The van der Waals surface area contributed by atoms with Crippen LogP contribution >= 0.6 is 0 Å². The van der Waals surface area contributed by atoms with E-state index >= 15 is 0 Å². The highest BCUT2D eigenvalue weighted by atomic mass is 16.5. The van der Waals surface area contributed by atoms with Crippen molar-refractivity contribution >= 4 is 23.5 Å². The van der Waals surface area contributed by atoms with Crippen molar-refractivity contribution in [1.29, 1.82) is 0 Å². The van der Waals surface area contributed by atoms with Gasteiger partial charge in [-0.05, 0) is 52.6 Å². The Balaban J connectivity index is 1.63. The van der Waals surface area contributed by atoms with Gasteiger partial charge in [-0.2, -0.15) is 0 Å². The van der Waals surface area contributed by atoms with Crippen molar-refractivity contribution in [2.24, 2.45) is 0 Å². The van der Waals surface area contributed by atoms with Gasteiger partial charge in [-0.15, -0.1) is 0 Å². The van der Waals surface area contributed by atoms with Gasteiger partial charge in [0.25, 0.3) is 5.91 Å². The number of carbonyl (C=O) groups excluding carboxylic acids is 1. The molecule has 0 unspecified atom stereocenters. The Kier molecular flexibility index (Phi) is 7.38. The summed E-state index contributed by atoms with van der Waals surface area (Å²) in [4.78, 5) is 23.8. The lowest BCUT2D eigenvalue weighted by atomic mass is 10.1. The normalized spacial score (nSPS) is 10.8. The molecule has 0 aromatic heterocycles. The van der Waals surface area contributed by atoms with Crippen LogP contribution in [0.15, 0.2) is 104 Å². The molecule has 0 spiro atoms. The first-order valence-corrected chi connectivity index (χ1v) is 9.91. The van der Waals surface area contributed by atoms with Crippen LogP contribution in [0.3, 0.4) is 0 Å². The molecule has 0 fully saturated rings. The van der Waals surface area contributed by atoms with Gasteiger partial charge in [-0.3, -0.25) is 4.79 Å². The van der Waals surface area contributed by atoms with Gasteiger partial charge in [0.2, 0.25) is 0 Å². The summed E-state index contributed by atoms with van der Waals surface area (Å²) < 4.78 is 5.80. The van der Waals surface area contributed by atoms with E-state index in [4.69, 9.17) is 4.74 Å². The molecule has 3 rings (SSSR count). The molecule has 2 N–H and O–H groups in total. The van der Waals surface area contributed by atoms with Crippen molar-refractivity contribution in [3.8, 4) is 5.75 Å². The lowest BCUT2D eigenvalue weighted by Gasteiger charge is -2.09. The van der Waals surface area contributed by atoms with E-state index < -0.39 is 11.9 Å². The summed E-state index contributed by atoms with van der Waals surface area (Å²) in [5, 5.41) is 11.9. The Hall–Kier alpha value is -4.38. The van der Waals surface area contributed by atoms with Crippen LogP contribution in [0.4, 0.5) is 0 Å². The van der Waals surface area contributed by atoms with Crippen molar-refractivity contribution in [2.75, 3.05) is 0 Å². The van der Waals surface area contributed by atoms with E-state index in [9.17, 15) is 14.7 Å². The van der Waals surface area contributed by atoms with Crippen molar-refractivity contribution in [2.45, 2.75) is 6.61 Å². The van der Waals surface area contributed by atoms with Gasteiger partial charge in [-0.1, -0.05) is 73.8 Å². The molecular weight excluding hydrogens is 402 g/mol. The number of allylic oxidation sites excluding steroid dienone is 2. The fourth-order valence-electron chi connectivity index (χ4n) is 2.86. The largest absolute Gasteiger partial charge is 0.489 e. The van der Waals surface area contributed by atoms with Crippen molar-refractivity contribution in [3.05, 3.63) is 126 Å². The highest BCUT2D eigenvalue weighted by Gasteiger charge is 2.13.